The molecule has 1 aromatic rings. The molecule has 3 nitrogen and oxygen atoms in total. The van der Waals surface area contributed by atoms with Crippen LogP contribution in [0.1, 0.15) is 18.4 Å². The molecule has 1 aliphatic carbocycles. The molecule has 1 aliphatic rings. The number of rotatable bonds is 4. The Morgan fingerprint density at radius 3 is 2.93 bits per heavy atom. The first-order valence-electron chi connectivity index (χ1n) is 4.97. The topological polar surface area (TPSA) is 48.1 Å². The normalized spacial score (nSPS) is 17.9. The Balaban J connectivity index is 2.09. The molecule has 1 saturated carbocycles. The maximum Gasteiger partial charge on any atom is 0.213 e. The summed E-state index contributed by atoms with van der Waals surface area (Å²) in [6, 6.07) is 4.04. The highest BCUT2D eigenvalue weighted by Crippen LogP contribution is 2.47. The van der Waals surface area contributed by atoms with Crippen molar-refractivity contribution in [1.82, 2.24) is 4.98 Å². The van der Waals surface area contributed by atoms with Gasteiger partial charge in [0.1, 0.15) is 0 Å². The van der Waals surface area contributed by atoms with Crippen LogP contribution in [0.4, 0.5) is 0 Å². The SMILES string of the molecule is COc1cc(CC2(CN)CC2)ccn1. The summed E-state index contributed by atoms with van der Waals surface area (Å²) in [6.45, 7) is 0.789. The van der Waals surface area contributed by atoms with E-state index in [1.54, 1.807) is 13.3 Å². The van der Waals surface area contributed by atoms with Crippen molar-refractivity contribution in [1.29, 1.82) is 0 Å². The third-order valence-electron chi connectivity index (χ3n) is 2.98. The van der Waals surface area contributed by atoms with E-state index in [4.69, 9.17) is 10.5 Å². The predicted octanol–water partition coefficient (Wildman–Crippen LogP) is 1.37. The van der Waals surface area contributed by atoms with Crippen LogP contribution in [0.5, 0.6) is 5.88 Å². The van der Waals surface area contributed by atoms with E-state index >= 15 is 0 Å². The summed E-state index contributed by atoms with van der Waals surface area (Å²) in [7, 11) is 1.64. The molecule has 2 rings (SSSR count). The molecule has 1 aromatic heterocycles. The second-order valence-corrected chi connectivity index (χ2v) is 4.09. The molecule has 1 fully saturated rings. The van der Waals surface area contributed by atoms with E-state index in [9.17, 15) is 0 Å². The number of ether oxygens (including phenoxy) is 1. The Bertz CT molecular complexity index is 321. The van der Waals surface area contributed by atoms with Crippen molar-refractivity contribution in [3.8, 4) is 5.88 Å². The van der Waals surface area contributed by atoms with E-state index in [1.165, 1.54) is 18.4 Å². The Morgan fingerprint density at radius 2 is 2.36 bits per heavy atom. The van der Waals surface area contributed by atoms with Crippen molar-refractivity contribution in [2.75, 3.05) is 13.7 Å². The molecule has 0 atom stereocenters. The number of methoxy groups -OCH3 is 1. The summed E-state index contributed by atoms with van der Waals surface area (Å²) in [5.74, 6) is 0.690. The summed E-state index contributed by atoms with van der Waals surface area (Å²) < 4.78 is 5.08. The molecule has 1 heterocycles. The Labute approximate surface area is 84.3 Å². The van der Waals surface area contributed by atoms with E-state index in [1.807, 2.05) is 12.1 Å². The van der Waals surface area contributed by atoms with Crippen LogP contribution in [-0.2, 0) is 6.42 Å². The molecule has 0 aromatic carbocycles. The quantitative estimate of drug-likeness (QED) is 0.783. The monoisotopic (exact) mass is 192 g/mol. The maximum absolute atomic E-state index is 5.74. The second-order valence-electron chi connectivity index (χ2n) is 4.09. The first-order valence-corrected chi connectivity index (χ1v) is 4.97. The van der Waals surface area contributed by atoms with E-state index in [0.29, 0.717) is 11.3 Å². The summed E-state index contributed by atoms with van der Waals surface area (Å²) in [5.41, 5.74) is 7.40. The molecule has 0 unspecified atom stereocenters. The predicted molar refractivity (Wildman–Crippen MR) is 55.2 cm³/mol. The minimum atomic E-state index is 0.381. The van der Waals surface area contributed by atoms with Gasteiger partial charge < -0.3 is 10.5 Å². The highest BCUT2D eigenvalue weighted by atomic mass is 16.5. The van der Waals surface area contributed by atoms with E-state index < -0.39 is 0 Å². The summed E-state index contributed by atoms with van der Waals surface area (Å²) in [5, 5.41) is 0. The molecule has 76 valence electrons. The fourth-order valence-corrected chi connectivity index (χ4v) is 1.73. The van der Waals surface area contributed by atoms with Crippen LogP contribution in [0, 0.1) is 5.41 Å². The number of aromatic nitrogens is 1. The van der Waals surface area contributed by atoms with E-state index in [0.717, 1.165) is 13.0 Å². The fraction of sp³-hybridized carbons (Fsp3) is 0.545. The van der Waals surface area contributed by atoms with Crippen LogP contribution in [0.2, 0.25) is 0 Å². The van der Waals surface area contributed by atoms with Gasteiger partial charge in [-0.05, 0) is 42.9 Å². The van der Waals surface area contributed by atoms with Crippen molar-refractivity contribution in [2.24, 2.45) is 11.1 Å². The van der Waals surface area contributed by atoms with Gasteiger partial charge in [-0.1, -0.05) is 0 Å². The molecule has 3 heteroatoms. The third kappa shape index (κ3) is 1.87. The fourth-order valence-electron chi connectivity index (χ4n) is 1.73. The number of hydrogen-bond acceptors (Lipinski definition) is 3. The van der Waals surface area contributed by atoms with Crippen molar-refractivity contribution in [3.63, 3.8) is 0 Å². The highest BCUT2D eigenvalue weighted by molar-refractivity contribution is 5.23. The number of nitrogens with two attached hydrogens (primary N) is 1. The lowest BCUT2D eigenvalue weighted by atomic mass is 9.97. The van der Waals surface area contributed by atoms with Crippen LogP contribution in [0.25, 0.3) is 0 Å². The lowest BCUT2D eigenvalue weighted by Crippen LogP contribution is -2.17. The van der Waals surface area contributed by atoms with Crippen molar-refractivity contribution in [2.45, 2.75) is 19.3 Å². The smallest absolute Gasteiger partial charge is 0.213 e. The van der Waals surface area contributed by atoms with Crippen LogP contribution >= 0.6 is 0 Å². The first kappa shape index (κ1) is 9.46. The molecular formula is C11H16N2O. The minimum absolute atomic E-state index is 0.381. The van der Waals surface area contributed by atoms with Crippen LogP contribution in [-0.4, -0.2) is 18.6 Å². The first-order chi connectivity index (χ1) is 6.78. The van der Waals surface area contributed by atoms with Crippen molar-refractivity contribution < 1.29 is 4.74 Å². The molecular weight excluding hydrogens is 176 g/mol. The van der Waals surface area contributed by atoms with Gasteiger partial charge in [0.05, 0.1) is 7.11 Å². The second kappa shape index (κ2) is 3.58. The Morgan fingerprint density at radius 1 is 1.57 bits per heavy atom. The highest BCUT2D eigenvalue weighted by Gasteiger charge is 2.40. The summed E-state index contributed by atoms with van der Waals surface area (Å²) >= 11 is 0. The zero-order valence-electron chi connectivity index (χ0n) is 8.49. The van der Waals surface area contributed by atoms with E-state index in [-0.39, 0.29) is 0 Å². The molecule has 14 heavy (non-hydrogen) atoms. The molecule has 0 saturated heterocycles. The van der Waals surface area contributed by atoms with Gasteiger partial charge >= 0.3 is 0 Å². The zero-order chi connectivity index (χ0) is 10.0. The number of nitrogens with zero attached hydrogens (tertiary/aromatic N) is 1. The molecule has 0 aliphatic heterocycles. The van der Waals surface area contributed by atoms with Crippen molar-refractivity contribution >= 4 is 0 Å². The van der Waals surface area contributed by atoms with Crippen molar-refractivity contribution in [3.05, 3.63) is 23.9 Å². The average Bonchev–Trinajstić information content (AvgIpc) is 2.99. The third-order valence-corrected chi connectivity index (χ3v) is 2.98. The molecule has 2 N–H and O–H groups in total. The Hall–Kier alpha value is -1.09. The van der Waals surface area contributed by atoms with Gasteiger partial charge in [0, 0.05) is 12.3 Å². The summed E-state index contributed by atoms with van der Waals surface area (Å²) in [4.78, 5) is 4.08. The summed E-state index contributed by atoms with van der Waals surface area (Å²) in [6.07, 6.45) is 5.37. The molecule has 0 spiro atoms. The van der Waals surface area contributed by atoms with Crippen LogP contribution in [0.3, 0.4) is 0 Å². The number of hydrogen-bond donors (Lipinski definition) is 1. The molecule has 0 bridgehead atoms. The average molecular weight is 192 g/mol. The molecule has 0 radical (unpaired) electrons. The Kier molecular flexibility index (Phi) is 2.42. The number of pyridine rings is 1. The van der Waals surface area contributed by atoms with Gasteiger partial charge in [-0.25, -0.2) is 4.98 Å². The minimum Gasteiger partial charge on any atom is -0.481 e. The zero-order valence-corrected chi connectivity index (χ0v) is 8.49. The standard InChI is InChI=1S/C11H16N2O/c1-14-10-6-9(2-5-13-10)7-11(8-12)3-4-11/h2,5-6H,3-4,7-8,12H2,1H3. The van der Waals surface area contributed by atoms with Gasteiger partial charge in [0.15, 0.2) is 0 Å². The van der Waals surface area contributed by atoms with Gasteiger partial charge in [0.25, 0.3) is 0 Å². The van der Waals surface area contributed by atoms with Gasteiger partial charge in [-0.2, -0.15) is 0 Å². The maximum atomic E-state index is 5.74. The van der Waals surface area contributed by atoms with E-state index in [2.05, 4.69) is 4.98 Å². The lowest BCUT2D eigenvalue weighted by Gasteiger charge is -2.12. The van der Waals surface area contributed by atoms with Gasteiger partial charge in [-0.15, -0.1) is 0 Å². The van der Waals surface area contributed by atoms with Gasteiger partial charge in [0.2, 0.25) is 5.88 Å². The molecule has 0 amide bonds. The van der Waals surface area contributed by atoms with Gasteiger partial charge in [-0.3, -0.25) is 0 Å². The largest absolute Gasteiger partial charge is 0.481 e. The van der Waals surface area contributed by atoms with Crippen LogP contribution < -0.4 is 10.5 Å². The lowest BCUT2D eigenvalue weighted by molar-refractivity contribution is 0.396. The van der Waals surface area contributed by atoms with Crippen LogP contribution in [0.15, 0.2) is 18.3 Å².